The van der Waals surface area contributed by atoms with E-state index >= 15 is 0 Å². The van der Waals surface area contributed by atoms with Crippen LogP contribution >= 0.6 is 0 Å². The lowest BCUT2D eigenvalue weighted by molar-refractivity contribution is -0.123. The summed E-state index contributed by atoms with van der Waals surface area (Å²) < 4.78 is 36.4. The van der Waals surface area contributed by atoms with Crippen molar-refractivity contribution in [3.63, 3.8) is 0 Å². The van der Waals surface area contributed by atoms with Gasteiger partial charge in [0, 0.05) is 11.3 Å². The third-order valence-electron chi connectivity index (χ3n) is 3.34. The first-order chi connectivity index (χ1) is 11.7. The smallest absolute Gasteiger partial charge is 0.343 e. The fraction of sp³-hybridized carbons (Fsp3) is 0.222. The van der Waals surface area contributed by atoms with Gasteiger partial charge in [0.1, 0.15) is 6.54 Å². The highest BCUT2D eigenvalue weighted by atomic mass is 19.4. The fourth-order valence-electron chi connectivity index (χ4n) is 2.12. The molecule has 0 atom stereocenters. The minimum atomic E-state index is -4.48. The van der Waals surface area contributed by atoms with E-state index < -0.39 is 18.6 Å². The third-order valence-corrected chi connectivity index (χ3v) is 3.34. The summed E-state index contributed by atoms with van der Waals surface area (Å²) in [4.78, 5) is 23.8. The maximum absolute atomic E-state index is 12.1. The highest BCUT2D eigenvalue weighted by Gasteiger charge is 2.27. The van der Waals surface area contributed by atoms with E-state index in [2.05, 4.69) is 5.32 Å². The van der Waals surface area contributed by atoms with Crippen LogP contribution in [-0.2, 0) is 11.2 Å². The number of carbonyl (C=O) groups excluding carboxylic acids is 2. The van der Waals surface area contributed by atoms with Crippen molar-refractivity contribution in [3.05, 3.63) is 65.2 Å². The molecule has 0 heterocycles. The van der Waals surface area contributed by atoms with Crippen LogP contribution < -0.4 is 10.6 Å². The summed E-state index contributed by atoms with van der Waals surface area (Å²) in [5, 5.41) is 4.42. The first-order valence-electron chi connectivity index (χ1n) is 7.53. The maximum Gasteiger partial charge on any atom is 0.405 e. The largest absolute Gasteiger partial charge is 0.405 e. The van der Waals surface area contributed by atoms with Crippen LogP contribution in [0.3, 0.4) is 0 Å². The molecule has 0 aliphatic heterocycles. The quantitative estimate of drug-likeness (QED) is 0.868. The predicted molar refractivity (Wildman–Crippen MR) is 88.3 cm³/mol. The van der Waals surface area contributed by atoms with Gasteiger partial charge in [0.05, 0.1) is 6.42 Å². The summed E-state index contributed by atoms with van der Waals surface area (Å²) in [6.07, 6.45) is -4.32. The zero-order chi connectivity index (χ0) is 18.4. The molecule has 0 saturated heterocycles. The normalized spacial score (nSPS) is 11.0. The summed E-state index contributed by atoms with van der Waals surface area (Å²) >= 11 is 0. The first kappa shape index (κ1) is 18.5. The predicted octanol–water partition coefficient (Wildman–Crippen LogP) is 3.47. The summed E-state index contributed by atoms with van der Waals surface area (Å²) in [6, 6.07) is 13.2. The van der Waals surface area contributed by atoms with E-state index in [1.54, 1.807) is 11.4 Å². The molecule has 7 heteroatoms. The van der Waals surface area contributed by atoms with E-state index in [1.165, 1.54) is 18.2 Å². The van der Waals surface area contributed by atoms with Gasteiger partial charge in [-0.2, -0.15) is 13.2 Å². The molecule has 0 aliphatic rings. The van der Waals surface area contributed by atoms with Crippen LogP contribution in [0.2, 0.25) is 0 Å². The highest BCUT2D eigenvalue weighted by molar-refractivity contribution is 5.97. The Bertz CT molecular complexity index is 756. The maximum atomic E-state index is 12.1. The molecule has 2 aromatic rings. The average molecular weight is 350 g/mol. The second kappa shape index (κ2) is 7.83. The van der Waals surface area contributed by atoms with E-state index in [0.29, 0.717) is 5.69 Å². The molecule has 0 unspecified atom stereocenters. The molecule has 0 radical (unpaired) electrons. The minimum absolute atomic E-state index is 0.0392. The fourth-order valence-corrected chi connectivity index (χ4v) is 2.12. The molecule has 0 bridgehead atoms. The number of halogens is 3. The van der Waals surface area contributed by atoms with Gasteiger partial charge in [0.2, 0.25) is 5.91 Å². The lowest BCUT2D eigenvalue weighted by Gasteiger charge is -2.10. The molecule has 0 aromatic heterocycles. The second-order valence-corrected chi connectivity index (χ2v) is 5.59. The van der Waals surface area contributed by atoms with Gasteiger partial charge in [-0.3, -0.25) is 9.59 Å². The van der Waals surface area contributed by atoms with E-state index in [1.807, 2.05) is 31.2 Å². The summed E-state index contributed by atoms with van der Waals surface area (Å²) in [5.41, 5.74) is 2.30. The van der Waals surface area contributed by atoms with Gasteiger partial charge in [-0.25, -0.2) is 0 Å². The Morgan fingerprint density at radius 1 is 1.04 bits per heavy atom. The van der Waals surface area contributed by atoms with E-state index in [-0.39, 0.29) is 17.9 Å². The van der Waals surface area contributed by atoms with Crippen LogP contribution in [0.5, 0.6) is 0 Å². The van der Waals surface area contributed by atoms with Crippen molar-refractivity contribution in [2.24, 2.45) is 0 Å². The SMILES string of the molecule is Cc1ccc(CC(=O)Nc2cccc(C(=O)NCC(F)(F)F)c2)cc1. The van der Waals surface area contributed by atoms with Crippen molar-refractivity contribution < 1.29 is 22.8 Å². The van der Waals surface area contributed by atoms with Gasteiger partial charge in [0.25, 0.3) is 5.91 Å². The van der Waals surface area contributed by atoms with Crippen LogP contribution in [-0.4, -0.2) is 24.5 Å². The van der Waals surface area contributed by atoms with Crippen molar-refractivity contribution in [2.75, 3.05) is 11.9 Å². The Hall–Kier alpha value is -2.83. The molecule has 4 nitrogen and oxygen atoms in total. The monoisotopic (exact) mass is 350 g/mol. The number of rotatable bonds is 5. The summed E-state index contributed by atoms with van der Waals surface area (Å²) in [7, 11) is 0. The van der Waals surface area contributed by atoms with Crippen molar-refractivity contribution >= 4 is 17.5 Å². The molecule has 0 spiro atoms. The highest BCUT2D eigenvalue weighted by Crippen LogP contribution is 2.15. The lowest BCUT2D eigenvalue weighted by atomic mass is 10.1. The number of benzene rings is 2. The zero-order valence-corrected chi connectivity index (χ0v) is 13.5. The van der Waals surface area contributed by atoms with Crippen molar-refractivity contribution in [3.8, 4) is 0 Å². The number of nitrogens with one attached hydrogen (secondary N) is 2. The molecule has 25 heavy (non-hydrogen) atoms. The summed E-state index contributed by atoms with van der Waals surface area (Å²) in [6.45, 7) is 0.537. The second-order valence-electron chi connectivity index (χ2n) is 5.59. The Morgan fingerprint density at radius 3 is 2.36 bits per heavy atom. The van der Waals surface area contributed by atoms with Crippen LogP contribution in [0.4, 0.5) is 18.9 Å². The molecule has 2 N–H and O–H groups in total. The van der Waals surface area contributed by atoms with Crippen molar-refractivity contribution in [1.82, 2.24) is 5.32 Å². The van der Waals surface area contributed by atoms with Gasteiger partial charge < -0.3 is 10.6 Å². The van der Waals surface area contributed by atoms with Crippen LogP contribution in [0.25, 0.3) is 0 Å². The van der Waals surface area contributed by atoms with Crippen LogP contribution in [0.1, 0.15) is 21.5 Å². The van der Waals surface area contributed by atoms with Crippen LogP contribution in [0, 0.1) is 6.92 Å². The average Bonchev–Trinajstić information content (AvgIpc) is 2.54. The van der Waals surface area contributed by atoms with Gasteiger partial charge in [-0.05, 0) is 30.7 Å². The number of hydrogen-bond acceptors (Lipinski definition) is 2. The number of carbonyl (C=O) groups is 2. The number of alkyl halides is 3. The Kier molecular flexibility index (Phi) is 5.80. The number of amides is 2. The van der Waals surface area contributed by atoms with E-state index in [9.17, 15) is 22.8 Å². The number of hydrogen-bond donors (Lipinski definition) is 2. The Labute approximate surface area is 143 Å². The first-order valence-corrected chi connectivity index (χ1v) is 7.53. The molecular weight excluding hydrogens is 333 g/mol. The van der Waals surface area contributed by atoms with Gasteiger partial charge >= 0.3 is 6.18 Å². The lowest BCUT2D eigenvalue weighted by Crippen LogP contribution is -2.33. The van der Waals surface area contributed by atoms with Gasteiger partial charge in [-0.1, -0.05) is 35.9 Å². The Balaban J connectivity index is 1.97. The van der Waals surface area contributed by atoms with Gasteiger partial charge in [-0.15, -0.1) is 0 Å². The van der Waals surface area contributed by atoms with Crippen molar-refractivity contribution in [1.29, 1.82) is 0 Å². The van der Waals surface area contributed by atoms with E-state index in [4.69, 9.17) is 0 Å². The summed E-state index contributed by atoms with van der Waals surface area (Å²) in [5.74, 6) is -1.14. The van der Waals surface area contributed by atoms with Crippen molar-refractivity contribution in [2.45, 2.75) is 19.5 Å². The molecule has 0 fully saturated rings. The number of anilines is 1. The topological polar surface area (TPSA) is 58.2 Å². The molecular formula is C18H17F3N2O2. The number of aryl methyl sites for hydroxylation is 1. The molecule has 132 valence electrons. The van der Waals surface area contributed by atoms with E-state index in [0.717, 1.165) is 11.1 Å². The standard InChI is InChI=1S/C18H17F3N2O2/c1-12-5-7-13(8-6-12)9-16(24)23-15-4-2-3-14(10-15)17(25)22-11-18(19,20)21/h2-8,10H,9,11H2,1H3,(H,22,25)(H,23,24). The molecule has 2 amide bonds. The molecule has 2 aromatic carbocycles. The molecule has 0 saturated carbocycles. The van der Waals surface area contributed by atoms with Crippen LogP contribution in [0.15, 0.2) is 48.5 Å². The molecule has 2 rings (SSSR count). The minimum Gasteiger partial charge on any atom is -0.343 e. The third kappa shape index (κ3) is 6.29. The van der Waals surface area contributed by atoms with Gasteiger partial charge in [0.15, 0.2) is 0 Å². The zero-order valence-electron chi connectivity index (χ0n) is 13.5. The molecule has 0 aliphatic carbocycles. The Morgan fingerprint density at radius 2 is 1.72 bits per heavy atom.